The van der Waals surface area contributed by atoms with Crippen LogP contribution < -0.4 is 4.90 Å². The SMILES string of the molecule is CC1CC(N(CCCC(=O)O)c2ccccc2)CCN1C. The summed E-state index contributed by atoms with van der Waals surface area (Å²) in [4.78, 5) is 15.6. The second-order valence-electron chi connectivity index (χ2n) is 6.03. The van der Waals surface area contributed by atoms with Gasteiger partial charge < -0.3 is 14.9 Å². The van der Waals surface area contributed by atoms with Crippen LogP contribution in [0.5, 0.6) is 0 Å². The molecule has 1 aliphatic heterocycles. The van der Waals surface area contributed by atoms with Crippen LogP contribution in [0, 0.1) is 0 Å². The van der Waals surface area contributed by atoms with Gasteiger partial charge in [0.15, 0.2) is 0 Å². The van der Waals surface area contributed by atoms with Crippen molar-refractivity contribution in [1.29, 1.82) is 0 Å². The predicted octanol–water partition coefficient (Wildman–Crippen LogP) is 2.84. The van der Waals surface area contributed by atoms with Gasteiger partial charge in [0.2, 0.25) is 0 Å². The van der Waals surface area contributed by atoms with Crippen LogP contribution in [-0.4, -0.2) is 48.2 Å². The molecule has 21 heavy (non-hydrogen) atoms. The van der Waals surface area contributed by atoms with E-state index in [9.17, 15) is 4.79 Å². The first-order valence-corrected chi connectivity index (χ1v) is 7.81. The molecule has 1 aliphatic rings. The zero-order valence-electron chi connectivity index (χ0n) is 13.0. The molecular weight excluding hydrogens is 264 g/mol. The Morgan fingerprint density at radius 2 is 2.10 bits per heavy atom. The molecule has 1 saturated heterocycles. The average Bonchev–Trinajstić information content (AvgIpc) is 2.47. The molecule has 4 heteroatoms. The summed E-state index contributed by atoms with van der Waals surface area (Å²) in [5, 5.41) is 8.86. The van der Waals surface area contributed by atoms with Crippen LogP contribution in [0.1, 0.15) is 32.6 Å². The average molecular weight is 290 g/mol. The van der Waals surface area contributed by atoms with Crippen molar-refractivity contribution in [1.82, 2.24) is 4.90 Å². The van der Waals surface area contributed by atoms with Gasteiger partial charge in [-0.3, -0.25) is 4.79 Å². The Morgan fingerprint density at radius 3 is 2.71 bits per heavy atom. The lowest BCUT2D eigenvalue weighted by Crippen LogP contribution is -2.48. The van der Waals surface area contributed by atoms with E-state index in [1.807, 2.05) is 6.07 Å². The van der Waals surface area contributed by atoms with Gasteiger partial charge in [-0.05, 0) is 45.4 Å². The Balaban J connectivity index is 2.06. The van der Waals surface area contributed by atoms with Crippen LogP contribution >= 0.6 is 0 Å². The molecule has 1 fully saturated rings. The fourth-order valence-corrected chi connectivity index (χ4v) is 3.09. The topological polar surface area (TPSA) is 43.8 Å². The quantitative estimate of drug-likeness (QED) is 0.875. The van der Waals surface area contributed by atoms with E-state index >= 15 is 0 Å². The highest BCUT2D eigenvalue weighted by Crippen LogP contribution is 2.26. The van der Waals surface area contributed by atoms with Gasteiger partial charge in [-0.15, -0.1) is 0 Å². The van der Waals surface area contributed by atoms with Crippen molar-refractivity contribution in [2.75, 3.05) is 25.0 Å². The molecule has 116 valence electrons. The van der Waals surface area contributed by atoms with Crippen LogP contribution in [0.15, 0.2) is 30.3 Å². The number of aliphatic carboxylic acids is 1. The summed E-state index contributed by atoms with van der Waals surface area (Å²) in [5.41, 5.74) is 1.21. The molecule has 2 unspecified atom stereocenters. The number of carbonyl (C=O) groups is 1. The number of carboxylic acids is 1. The largest absolute Gasteiger partial charge is 0.481 e. The zero-order chi connectivity index (χ0) is 15.2. The first-order valence-electron chi connectivity index (χ1n) is 7.81. The highest BCUT2D eigenvalue weighted by atomic mass is 16.4. The second-order valence-corrected chi connectivity index (χ2v) is 6.03. The van der Waals surface area contributed by atoms with Gasteiger partial charge in [0.25, 0.3) is 0 Å². The number of rotatable bonds is 6. The highest BCUT2D eigenvalue weighted by molar-refractivity contribution is 5.66. The number of carboxylic acid groups (broad SMARTS) is 1. The molecule has 0 amide bonds. The van der Waals surface area contributed by atoms with Crippen molar-refractivity contribution in [3.8, 4) is 0 Å². The molecule has 0 aromatic heterocycles. The summed E-state index contributed by atoms with van der Waals surface area (Å²) in [6.07, 6.45) is 3.22. The van der Waals surface area contributed by atoms with Crippen LogP contribution in [0.2, 0.25) is 0 Å². The standard InChI is InChI=1S/C17H26N2O2/c1-14-13-16(10-12-18(14)2)19(11-6-9-17(20)21)15-7-4-3-5-8-15/h3-5,7-8,14,16H,6,9-13H2,1-2H3,(H,20,21). The maximum absolute atomic E-state index is 10.8. The third kappa shape index (κ3) is 4.46. The van der Waals surface area contributed by atoms with Crippen molar-refractivity contribution >= 4 is 11.7 Å². The second kappa shape index (κ2) is 7.46. The molecule has 1 aromatic carbocycles. The van der Waals surface area contributed by atoms with Gasteiger partial charge >= 0.3 is 5.97 Å². The van der Waals surface area contributed by atoms with Crippen LogP contribution in [0.4, 0.5) is 5.69 Å². The molecular formula is C17H26N2O2. The third-order valence-corrected chi connectivity index (χ3v) is 4.50. The highest BCUT2D eigenvalue weighted by Gasteiger charge is 2.27. The Hall–Kier alpha value is -1.55. The number of benzene rings is 1. The van der Waals surface area contributed by atoms with Crippen LogP contribution in [-0.2, 0) is 4.79 Å². The van der Waals surface area contributed by atoms with E-state index in [0.29, 0.717) is 18.5 Å². The lowest BCUT2D eigenvalue weighted by molar-refractivity contribution is -0.137. The van der Waals surface area contributed by atoms with E-state index in [1.165, 1.54) is 5.69 Å². The molecule has 1 aromatic rings. The first kappa shape index (κ1) is 15.8. The molecule has 2 rings (SSSR count). The Labute approximate surface area is 127 Å². The summed E-state index contributed by atoms with van der Waals surface area (Å²) in [6.45, 7) is 4.19. The summed E-state index contributed by atoms with van der Waals surface area (Å²) in [5.74, 6) is -0.709. The van der Waals surface area contributed by atoms with Gasteiger partial charge in [-0.1, -0.05) is 18.2 Å². The number of likely N-dealkylation sites (tertiary alicyclic amines) is 1. The minimum atomic E-state index is -0.709. The molecule has 0 saturated carbocycles. The van der Waals surface area contributed by atoms with E-state index < -0.39 is 5.97 Å². The molecule has 4 nitrogen and oxygen atoms in total. The lowest BCUT2D eigenvalue weighted by Gasteiger charge is -2.42. The minimum absolute atomic E-state index is 0.242. The van der Waals surface area contributed by atoms with Gasteiger partial charge in [0.05, 0.1) is 0 Å². The van der Waals surface area contributed by atoms with Crippen molar-refractivity contribution in [2.45, 2.75) is 44.7 Å². The van der Waals surface area contributed by atoms with Crippen molar-refractivity contribution in [3.63, 3.8) is 0 Å². The normalized spacial score (nSPS) is 23.0. The van der Waals surface area contributed by atoms with Gasteiger partial charge in [-0.2, -0.15) is 0 Å². The molecule has 2 atom stereocenters. The van der Waals surface area contributed by atoms with Gasteiger partial charge in [0.1, 0.15) is 0 Å². The number of anilines is 1. The Morgan fingerprint density at radius 1 is 1.38 bits per heavy atom. The summed E-state index contributed by atoms with van der Waals surface area (Å²) < 4.78 is 0. The van der Waals surface area contributed by atoms with Crippen molar-refractivity contribution in [3.05, 3.63) is 30.3 Å². The molecule has 0 spiro atoms. The number of para-hydroxylation sites is 1. The van der Waals surface area contributed by atoms with Gasteiger partial charge in [0, 0.05) is 37.3 Å². The van der Waals surface area contributed by atoms with E-state index in [4.69, 9.17) is 5.11 Å². The molecule has 0 bridgehead atoms. The van der Waals surface area contributed by atoms with Gasteiger partial charge in [-0.25, -0.2) is 0 Å². The maximum atomic E-state index is 10.8. The fraction of sp³-hybridized carbons (Fsp3) is 0.588. The van der Waals surface area contributed by atoms with Crippen LogP contribution in [0.25, 0.3) is 0 Å². The molecule has 1 N–H and O–H groups in total. The monoisotopic (exact) mass is 290 g/mol. The van der Waals surface area contributed by atoms with E-state index in [-0.39, 0.29) is 6.42 Å². The van der Waals surface area contributed by atoms with E-state index in [0.717, 1.165) is 25.9 Å². The third-order valence-electron chi connectivity index (χ3n) is 4.50. The maximum Gasteiger partial charge on any atom is 0.303 e. The smallest absolute Gasteiger partial charge is 0.303 e. The first-order chi connectivity index (χ1) is 10.1. The lowest BCUT2D eigenvalue weighted by atomic mass is 9.96. The number of piperidine rings is 1. The van der Waals surface area contributed by atoms with E-state index in [2.05, 4.69) is 48.0 Å². The molecule has 0 aliphatic carbocycles. The molecule has 0 radical (unpaired) electrons. The van der Waals surface area contributed by atoms with Crippen molar-refractivity contribution < 1.29 is 9.90 Å². The summed E-state index contributed by atoms with van der Waals surface area (Å²) in [6, 6.07) is 11.5. The summed E-state index contributed by atoms with van der Waals surface area (Å²) >= 11 is 0. The number of hydrogen-bond donors (Lipinski definition) is 1. The van der Waals surface area contributed by atoms with Crippen LogP contribution in [0.3, 0.4) is 0 Å². The number of hydrogen-bond acceptors (Lipinski definition) is 3. The fourth-order valence-electron chi connectivity index (χ4n) is 3.09. The molecule has 1 heterocycles. The van der Waals surface area contributed by atoms with Crippen molar-refractivity contribution in [2.24, 2.45) is 0 Å². The minimum Gasteiger partial charge on any atom is -0.481 e. The van der Waals surface area contributed by atoms with E-state index in [1.54, 1.807) is 0 Å². The predicted molar refractivity (Wildman–Crippen MR) is 85.8 cm³/mol. The summed E-state index contributed by atoms with van der Waals surface area (Å²) in [7, 11) is 2.18. The number of nitrogens with zero attached hydrogens (tertiary/aromatic N) is 2. The Bertz CT molecular complexity index is 449. The zero-order valence-corrected chi connectivity index (χ0v) is 13.0. The Kier molecular flexibility index (Phi) is 5.62.